The fourth-order valence-electron chi connectivity index (χ4n) is 2.29. The average molecular weight is 296 g/mol. The monoisotopic (exact) mass is 296 g/mol. The minimum Gasteiger partial charge on any atom is -0.467 e. The van der Waals surface area contributed by atoms with Crippen molar-refractivity contribution in [1.29, 1.82) is 0 Å². The molecule has 0 aromatic heterocycles. The van der Waals surface area contributed by atoms with Crippen LogP contribution in [0.25, 0.3) is 0 Å². The van der Waals surface area contributed by atoms with E-state index in [1.54, 1.807) is 0 Å². The van der Waals surface area contributed by atoms with Crippen molar-refractivity contribution in [2.75, 3.05) is 32.6 Å². The van der Waals surface area contributed by atoms with Crippen LogP contribution in [0.4, 0.5) is 10.1 Å². The zero-order chi connectivity index (χ0) is 15.6. The molecule has 1 heterocycles. The maximum atomic E-state index is 14.1. The molecule has 2 N–H and O–H groups in total. The zero-order valence-corrected chi connectivity index (χ0v) is 11.9. The van der Waals surface area contributed by atoms with Crippen molar-refractivity contribution in [3.8, 4) is 0 Å². The number of hydrogen-bond acceptors (Lipinski definition) is 5. The molecule has 2 rings (SSSR count). The van der Waals surface area contributed by atoms with E-state index in [0.717, 1.165) is 0 Å². The lowest BCUT2D eigenvalue weighted by molar-refractivity contribution is -0.151. The first-order valence-electron chi connectivity index (χ1n) is 6.48. The molecule has 0 saturated carbocycles. The third kappa shape index (κ3) is 2.97. The second-order valence-electron chi connectivity index (χ2n) is 4.81. The number of morpholine rings is 1. The van der Waals surface area contributed by atoms with E-state index >= 15 is 0 Å². The summed E-state index contributed by atoms with van der Waals surface area (Å²) < 4.78 is 24.0. The van der Waals surface area contributed by atoms with Crippen molar-refractivity contribution in [3.05, 3.63) is 29.1 Å². The number of hydrogen-bond donors (Lipinski definition) is 1. The number of anilines is 1. The first-order chi connectivity index (χ1) is 9.95. The molecule has 7 heteroatoms. The Morgan fingerprint density at radius 2 is 2.19 bits per heavy atom. The van der Waals surface area contributed by atoms with E-state index in [2.05, 4.69) is 4.74 Å². The maximum Gasteiger partial charge on any atom is 0.331 e. The van der Waals surface area contributed by atoms with Crippen molar-refractivity contribution in [3.63, 3.8) is 0 Å². The van der Waals surface area contributed by atoms with Crippen LogP contribution >= 0.6 is 0 Å². The highest BCUT2D eigenvalue weighted by molar-refractivity contribution is 5.98. The summed E-state index contributed by atoms with van der Waals surface area (Å²) in [6, 6.07) is 1.84. The first-order valence-corrected chi connectivity index (χ1v) is 6.48. The Morgan fingerprint density at radius 1 is 1.48 bits per heavy atom. The molecule has 1 aliphatic rings. The minimum atomic E-state index is -0.877. The predicted octanol–water partition coefficient (Wildman–Crippen LogP) is 0.730. The quantitative estimate of drug-likeness (QED) is 0.642. The van der Waals surface area contributed by atoms with Gasteiger partial charge >= 0.3 is 5.97 Å². The van der Waals surface area contributed by atoms with Crippen molar-refractivity contribution in [1.82, 2.24) is 4.90 Å². The van der Waals surface area contributed by atoms with Gasteiger partial charge in [-0.05, 0) is 24.6 Å². The topological polar surface area (TPSA) is 81.9 Å². The van der Waals surface area contributed by atoms with Gasteiger partial charge in [-0.1, -0.05) is 0 Å². The number of nitrogen functional groups attached to an aromatic ring is 1. The lowest BCUT2D eigenvalue weighted by atomic mass is 10.1. The number of benzene rings is 1. The molecular weight excluding hydrogens is 279 g/mol. The number of rotatable bonds is 2. The van der Waals surface area contributed by atoms with Crippen molar-refractivity contribution in [2.24, 2.45) is 0 Å². The van der Waals surface area contributed by atoms with Crippen molar-refractivity contribution >= 4 is 17.6 Å². The van der Waals surface area contributed by atoms with Crippen LogP contribution < -0.4 is 5.73 Å². The van der Waals surface area contributed by atoms with E-state index in [9.17, 15) is 14.0 Å². The van der Waals surface area contributed by atoms with Crippen molar-refractivity contribution < 1.29 is 23.5 Å². The summed E-state index contributed by atoms with van der Waals surface area (Å²) in [5, 5.41) is 0. The Balaban J connectivity index is 2.35. The average Bonchev–Trinajstić information content (AvgIpc) is 2.49. The lowest BCUT2D eigenvalue weighted by Crippen LogP contribution is -2.53. The Morgan fingerprint density at radius 3 is 2.86 bits per heavy atom. The zero-order valence-electron chi connectivity index (χ0n) is 11.9. The van der Waals surface area contributed by atoms with Crippen LogP contribution in [0, 0.1) is 12.7 Å². The largest absolute Gasteiger partial charge is 0.467 e. The number of nitrogens with two attached hydrogens (primary N) is 1. The van der Waals surface area contributed by atoms with Gasteiger partial charge in [0.15, 0.2) is 6.04 Å². The molecule has 1 aromatic rings. The Hall–Kier alpha value is -2.15. The van der Waals surface area contributed by atoms with Crippen LogP contribution in [0.15, 0.2) is 12.1 Å². The van der Waals surface area contributed by atoms with Crippen LogP contribution in [-0.4, -0.2) is 49.7 Å². The highest BCUT2D eigenvalue weighted by atomic mass is 19.1. The summed E-state index contributed by atoms with van der Waals surface area (Å²) >= 11 is 0. The van der Waals surface area contributed by atoms with E-state index in [4.69, 9.17) is 10.5 Å². The third-order valence-electron chi connectivity index (χ3n) is 3.37. The van der Waals surface area contributed by atoms with Gasteiger partial charge in [-0.3, -0.25) is 4.79 Å². The summed E-state index contributed by atoms with van der Waals surface area (Å²) in [7, 11) is 1.23. The number of methoxy groups -OCH3 is 1. The van der Waals surface area contributed by atoms with Crippen molar-refractivity contribution in [2.45, 2.75) is 13.0 Å². The van der Waals surface area contributed by atoms with Gasteiger partial charge in [-0.2, -0.15) is 0 Å². The van der Waals surface area contributed by atoms with Gasteiger partial charge in [-0.15, -0.1) is 0 Å². The standard InChI is InChI=1S/C14H17FN2O4/c1-8-5-9(16)6-10(12(8)15)13(18)17-3-4-21-7-11(17)14(19)20-2/h5-6,11H,3-4,7,16H2,1-2H3. The highest BCUT2D eigenvalue weighted by Gasteiger charge is 2.35. The van der Waals surface area contributed by atoms with Gasteiger partial charge in [0.1, 0.15) is 5.82 Å². The molecule has 0 aliphatic carbocycles. The predicted molar refractivity (Wildman–Crippen MR) is 73.2 cm³/mol. The summed E-state index contributed by atoms with van der Waals surface area (Å²) in [5.41, 5.74) is 6.08. The fraction of sp³-hybridized carbons (Fsp3) is 0.429. The molecule has 0 bridgehead atoms. The summed E-state index contributed by atoms with van der Waals surface area (Å²) in [4.78, 5) is 25.5. The fourth-order valence-corrected chi connectivity index (χ4v) is 2.29. The molecule has 1 amide bonds. The first kappa shape index (κ1) is 15.2. The molecule has 1 unspecified atom stereocenters. The van der Waals surface area contributed by atoms with Gasteiger partial charge < -0.3 is 20.1 Å². The molecule has 1 aliphatic heterocycles. The molecule has 21 heavy (non-hydrogen) atoms. The number of amides is 1. The molecular formula is C14H17FN2O4. The molecule has 0 radical (unpaired) electrons. The molecule has 1 saturated heterocycles. The van der Waals surface area contributed by atoms with Crippen LogP contribution in [0.3, 0.4) is 0 Å². The van der Waals surface area contributed by atoms with E-state index in [-0.39, 0.29) is 30.9 Å². The van der Waals surface area contributed by atoms with E-state index in [0.29, 0.717) is 5.69 Å². The lowest BCUT2D eigenvalue weighted by Gasteiger charge is -2.33. The molecule has 114 valence electrons. The van der Waals surface area contributed by atoms with Gasteiger partial charge in [0.05, 0.1) is 25.9 Å². The number of ether oxygens (including phenoxy) is 2. The summed E-state index contributed by atoms with van der Waals surface area (Å²) in [5.74, 6) is -1.82. The number of nitrogens with zero attached hydrogens (tertiary/aromatic N) is 1. The highest BCUT2D eigenvalue weighted by Crippen LogP contribution is 2.21. The van der Waals surface area contributed by atoms with Gasteiger partial charge in [0.25, 0.3) is 5.91 Å². The van der Waals surface area contributed by atoms with Crippen LogP contribution in [0.5, 0.6) is 0 Å². The number of esters is 1. The van der Waals surface area contributed by atoms with Gasteiger partial charge in [-0.25, -0.2) is 9.18 Å². The van der Waals surface area contributed by atoms with Gasteiger partial charge in [0.2, 0.25) is 0 Å². The molecule has 6 nitrogen and oxygen atoms in total. The second kappa shape index (κ2) is 6.09. The van der Waals surface area contributed by atoms with E-state index in [1.165, 1.54) is 31.1 Å². The van der Waals surface area contributed by atoms with Crippen LogP contribution in [0.1, 0.15) is 15.9 Å². The molecule has 1 fully saturated rings. The Kier molecular flexibility index (Phi) is 4.42. The third-order valence-corrected chi connectivity index (χ3v) is 3.37. The normalized spacial score (nSPS) is 18.4. The summed E-state index contributed by atoms with van der Waals surface area (Å²) in [6.07, 6.45) is 0. The smallest absolute Gasteiger partial charge is 0.331 e. The Bertz CT molecular complexity index is 576. The SMILES string of the molecule is COC(=O)C1COCCN1C(=O)c1cc(N)cc(C)c1F. The van der Waals surface area contributed by atoms with Crippen LogP contribution in [0.2, 0.25) is 0 Å². The second-order valence-corrected chi connectivity index (χ2v) is 4.81. The Labute approximate surface area is 121 Å². The maximum absolute atomic E-state index is 14.1. The van der Waals surface area contributed by atoms with Crippen LogP contribution in [-0.2, 0) is 14.3 Å². The number of carbonyl (C=O) groups is 2. The van der Waals surface area contributed by atoms with Gasteiger partial charge in [0, 0.05) is 12.2 Å². The molecule has 1 aromatic carbocycles. The number of halogens is 1. The number of aryl methyl sites for hydroxylation is 1. The molecule has 0 spiro atoms. The molecule has 1 atom stereocenters. The summed E-state index contributed by atoms with van der Waals surface area (Å²) in [6.45, 7) is 2.02. The van der Waals surface area contributed by atoms with E-state index in [1.807, 2.05) is 0 Å². The minimum absolute atomic E-state index is 0.0291. The van der Waals surface area contributed by atoms with E-state index < -0.39 is 23.7 Å². The number of carbonyl (C=O) groups excluding carboxylic acids is 2.